The third-order valence-electron chi connectivity index (χ3n) is 5.18. The Hall–Kier alpha value is -4.52. The van der Waals surface area contributed by atoms with Crippen LogP contribution in [0.5, 0.6) is 0 Å². The fraction of sp³-hybridized carbons (Fsp3) is 0.0714. The standard InChI is InChI=1S/C14H12N2O2.C8H10BNO3.C6H4BrNO/c1-15-14(18)11-4-2-10(3-5-11)12-6-7-13(9-17)16-8-12;1-10-8(11)6-2-4-7(5-3-6)9(12)13;7-5-1-2-6(4-9)8-3-5/h2-9H,1H3,(H,15,18);2-5,12-13H,1H3,(H,10,11);1-4H. The van der Waals surface area contributed by atoms with Crippen molar-refractivity contribution in [3.05, 3.63) is 112 Å². The molecule has 0 fully saturated rings. The van der Waals surface area contributed by atoms with Crippen LogP contribution < -0.4 is 16.1 Å². The zero-order chi connectivity index (χ0) is 29.5. The molecule has 0 radical (unpaired) electrons. The molecule has 2 heterocycles. The Kier molecular flexibility index (Phi) is 13.0. The van der Waals surface area contributed by atoms with Gasteiger partial charge in [0.2, 0.25) is 0 Å². The van der Waals surface area contributed by atoms with Gasteiger partial charge in [0.25, 0.3) is 11.8 Å². The van der Waals surface area contributed by atoms with Crippen molar-refractivity contribution in [3.8, 4) is 11.1 Å². The van der Waals surface area contributed by atoms with Crippen LogP contribution in [-0.4, -0.2) is 65.6 Å². The van der Waals surface area contributed by atoms with E-state index in [1.54, 1.807) is 49.8 Å². The van der Waals surface area contributed by atoms with Gasteiger partial charge in [-0.2, -0.15) is 0 Å². The van der Waals surface area contributed by atoms with Crippen molar-refractivity contribution in [2.45, 2.75) is 0 Å². The molecule has 204 valence electrons. The number of benzene rings is 2. The van der Waals surface area contributed by atoms with Gasteiger partial charge < -0.3 is 20.7 Å². The number of rotatable bonds is 6. The fourth-order valence-corrected chi connectivity index (χ4v) is 3.25. The smallest absolute Gasteiger partial charge is 0.423 e. The quantitative estimate of drug-likeness (QED) is 0.193. The minimum atomic E-state index is -1.49. The fourth-order valence-electron chi connectivity index (χ4n) is 3.01. The molecule has 40 heavy (non-hydrogen) atoms. The number of halogens is 1. The molecule has 4 aromatic rings. The highest BCUT2D eigenvalue weighted by molar-refractivity contribution is 9.10. The minimum Gasteiger partial charge on any atom is -0.423 e. The molecule has 0 saturated heterocycles. The van der Waals surface area contributed by atoms with Crippen molar-refractivity contribution < 1.29 is 29.2 Å². The Labute approximate surface area is 239 Å². The molecule has 12 heteroatoms. The molecular weight excluding hydrogens is 579 g/mol. The molecule has 2 aromatic heterocycles. The Bertz CT molecular complexity index is 1400. The number of pyridine rings is 2. The number of nitrogens with one attached hydrogen (secondary N) is 2. The first kappa shape index (κ1) is 31.7. The monoisotopic (exact) mass is 604 g/mol. The Morgan fingerprint density at radius 2 is 1.15 bits per heavy atom. The average Bonchev–Trinajstić information content (AvgIpc) is 3.01. The van der Waals surface area contributed by atoms with Gasteiger partial charge in [-0.1, -0.05) is 30.3 Å². The topological polar surface area (TPSA) is 159 Å². The largest absolute Gasteiger partial charge is 0.488 e. The van der Waals surface area contributed by atoms with E-state index in [9.17, 15) is 19.2 Å². The van der Waals surface area contributed by atoms with Crippen LogP contribution in [0.4, 0.5) is 0 Å². The van der Waals surface area contributed by atoms with Gasteiger partial charge in [0.05, 0.1) is 0 Å². The van der Waals surface area contributed by atoms with Crippen LogP contribution in [0.2, 0.25) is 0 Å². The SMILES string of the molecule is CNC(=O)c1ccc(-c2ccc(C=O)nc2)cc1.CNC(=O)c1ccc(B(O)O)cc1.O=Cc1ccc(Br)cn1. The van der Waals surface area contributed by atoms with Gasteiger partial charge in [0, 0.05) is 47.7 Å². The lowest BCUT2D eigenvalue weighted by Gasteiger charge is -2.03. The molecule has 2 aromatic carbocycles. The molecule has 10 nitrogen and oxygen atoms in total. The highest BCUT2D eigenvalue weighted by Gasteiger charge is 2.11. The molecule has 2 amide bonds. The van der Waals surface area contributed by atoms with Gasteiger partial charge in [-0.05, 0) is 69.4 Å². The highest BCUT2D eigenvalue weighted by Crippen LogP contribution is 2.19. The molecule has 4 rings (SSSR count). The summed E-state index contributed by atoms with van der Waals surface area (Å²) < 4.78 is 0.883. The molecule has 0 aliphatic rings. The minimum absolute atomic E-state index is 0.115. The summed E-state index contributed by atoms with van der Waals surface area (Å²) in [5.41, 5.74) is 4.19. The second-order valence-electron chi connectivity index (χ2n) is 7.84. The molecular formula is C28H26BBrN4O6. The highest BCUT2D eigenvalue weighted by atomic mass is 79.9. The van der Waals surface area contributed by atoms with E-state index < -0.39 is 7.12 Å². The van der Waals surface area contributed by atoms with Crippen molar-refractivity contribution in [1.29, 1.82) is 0 Å². The molecule has 0 spiro atoms. The Morgan fingerprint density at radius 3 is 1.52 bits per heavy atom. The van der Waals surface area contributed by atoms with E-state index in [0.29, 0.717) is 40.5 Å². The number of aromatic nitrogens is 2. The first-order valence-corrected chi connectivity index (χ1v) is 12.5. The number of carbonyl (C=O) groups is 4. The predicted molar refractivity (Wildman–Crippen MR) is 155 cm³/mol. The number of hydrogen-bond acceptors (Lipinski definition) is 8. The zero-order valence-electron chi connectivity index (χ0n) is 21.6. The summed E-state index contributed by atoms with van der Waals surface area (Å²) >= 11 is 3.20. The van der Waals surface area contributed by atoms with Gasteiger partial charge in [-0.25, -0.2) is 0 Å². The van der Waals surface area contributed by atoms with Crippen LogP contribution in [0.25, 0.3) is 11.1 Å². The van der Waals surface area contributed by atoms with E-state index in [1.807, 2.05) is 18.2 Å². The van der Waals surface area contributed by atoms with E-state index in [-0.39, 0.29) is 11.8 Å². The maximum atomic E-state index is 11.4. The number of nitrogens with zero attached hydrogens (tertiary/aromatic N) is 2. The lowest BCUT2D eigenvalue weighted by molar-refractivity contribution is 0.0955. The van der Waals surface area contributed by atoms with E-state index in [1.165, 1.54) is 31.3 Å². The maximum absolute atomic E-state index is 11.4. The van der Waals surface area contributed by atoms with Crippen molar-refractivity contribution >= 4 is 52.9 Å². The van der Waals surface area contributed by atoms with E-state index in [2.05, 4.69) is 36.5 Å². The first-order valence-electron chi connectivity index (χ1n) is 11.7. The number of aldehydes is 2. The number of carbonyl (C=O) groups excluding carboxylic acids is 4. The van der Waals surface area contributed by atoms with Crippen molar-refractivity contribution in [2.24, 2.45) is 0 Å². The molecule has 0 saturated carbocycles. The third kappa shape index (κ3) is 9.99. The van der Waals surface area contributed by atoms with Gasteiger partial charge in [0.1, 0.15) is 11.4 Å². The van der Waals surface area contributed by atoms with Crippen molar-refractivity contribution in [2.75, 3.05) is 14.1 Å². The molecule has 0 bridgehead atoms. The average molecular weight is 605 g/mol. The van der Waals surface area contributed by atoms with Crippen molar-refractivity contribution in [3.63, 3.8) is 0 Å². The molecule has 0 aliphatic carbocycles. The summed E-state index contributed by atoms with van der Waals surface area (Å²) in [5.74, 6) is -0.310. The Morgan fingerprint density at radius 1 is 0.700 bits per heavy atom. The van der Waals surface area contributed by atoms with Crippen LogP contribution in [0.15, 0.2) is 89.7 Å². The van der Waals surface area contributed by atoms with Crippen LogP contribution in [0, 0.1) is 0 Å². The molecule has 0 aliphatic heterocycles. The van der Waals surface area contributed by atoms with Gasteiger partial charge in [-0.15, -0.1) is 0 Å². The summed E-state index contributed by atoms with van der Waals surface area (Å²) in [6, 6.07) is 20.2. The lowest BCUT2D eigenvalue weighted by Crippen LogP contribution is -2.30. The predicted octanol–water partition coefficient (Wildman–Crippen LogP) is 2.30. The summed E-state index contributed by atoms with van der Waals surface area (Å²) in [7, 11) is 1.65. The summed E-state index contributed by atoms with van der Waals surface area (Å²) in [5, 5.41) is 22.6. The Balaban J connectivity index is 0.000000224. The van der Waals surface area contributed by atoms with E-state index in [0.717, 1.165) is 15.6 Å². The summed E-state index contributed by atoms with van der Waals surface area (Å²) in [6.07, 6.45) is 4.65. The summed E-state index contributed by atoms with van der Waals surface area (Å²) in [6.45, 7) is 0. The molecule has 4 N–H and O–H groups in total. The van der Waals surface area contributed by atoms with Gasteiger partial charge in [-0.3, -0.25) is 29.1 Å². The zero-order valence-corrected chi connectivity index (χ0v) is 23.2. The maximum Gasteiger partial charge on any atom is 0.488 e. The van der Waals surface area contributed by atoms with Crippen LogP contribution in [0.3, 0.4) is 0 Å². The van der Waals surface area contributed by atoms with Crippen molar-refractivity contribution in [1.82, 2.24) is 20.6 Å². The van der Waals surface area contributed by atoms with E-state index in [4.69, 9.17) is 10.0 Å². The molecule has 0 unspecified atom stereocenters. The summed E-state index contributed by atoms with van der Waals surface area (Å²) in [4.78, 5) is 50.8. The second-order valence-corrected chi connectivity index (χ2v) is 8.76. The molecule has 0 atom stereocenters. The van der Waals surface area contributed by atoms with Crippen LogP contribution in [0.1, 0.15) is 41.7 Å². The van der Waals surface area contributed by atoms with Gasteiger partial charge in [0.15, 0.2) is 12.6 Å². The number of hydrogen-bond donors (Lipinski definition) is 4. The van der Waals surface area contributed by atoms with Gasteiger partial charge >= 0.3 is 7.12 Å². The second kappa shape index (κ2) is 16.4. The first-order chi connectivity index (χ1) is 19.2. The van der Waals surface area contributed by atoms with Crippen LogP contribution in [-0.2, 0) is 0 Å². The van der Waals surface area contributed by atoms with Crippen LogP contribution >= 0.6 is 15.9 Å². The number of amides is 2. The normalized spacial score (nSPS) is 9.53. The van der Waals surface area contributed by atoms with E-state index >= 15 is 0 Å². The third-order valence-corrected chi connectivity index (χ3v) is 5.65. The lowest BCUT2D eigenvalue weighted by atomic mass is 9.80.